The van der Waals surface area contributed by atoms with Crippen LogP contribution < -0.4 is 21.7 Å². The van der Waals surface area contributed by atoms with Crippen LogP contribution in [-0.4, -0.2) is 107 Å². The normalized spacial score (nSPS) is 16.8. The SMILES string of the molecule is CNCCN1CCNCC1.N=Cc1ccccc1-c1ccc(-c2ccccc2C(N)=NCCN2CCNCC2)o1. The molecule has 6 N–H and O–H groups in total. The molecule has 0 unspecified atom stereocenters. The maximum absolute atomic E-state index is 7.63. The predicted octanol–water partition coefficient (Wildman–Crippen LogP) is 2.33. The van der Waals surface area contributed by atoms with Gasteiger partial charge in [0.1, 0.15) is 17.4 Å². The van der Waals surface area contributed by atoms with Crippen molar-refractivity contribution in [2.24, 2.45) is 10.7 Å². The molecule has 0 radical (unpaired) electrons. The third kappa shape index (κ3) is 8.58. The lowest BCUT2D eigenvalue weighted by Gasteiger charge is -2.26. The molecule has 0 atom stereocenters. The summed E-state index contributed by atoms with van der Waals surface area (Å²) in [5.41, 5.74) is 9.87. The van der Waals surface area contributed by atoms with Gasteiger partial charge in [-0.05, 0) is 19.2 Å². The molecule has 0 bridgehead atoms. The summed E-state index contributed by atoms with van der Waals surface area (Å²) in [6.45, 7) is 12.8. The van der Waals surface area contributed by atoms with Crippen LogP contribution in [-0.2, 0) is 0 Å². The smallest absolute Gasteiger partial charge is 0.135 e. The first-order valence-corrected chi connectivity index (χ1v) is 14.3. The zero-order valence-electron chi connectivity index (χ0n) is 23.7. The summed E-state index contributed by atoms with van der Waals surface area (Å²) in [5, 5.41) is 17.5. The van der Waals surface area contributed by atoms with Crippen molar-refractivity contribution in [2.45, 2.75) is 0 Å². The van der Waals surface area contributed by atoms with E-state index < -0.39 is 0 Å². The number of rotatable bonds is 10. The molecular weight excluding hydrogens is 500 g/mol. The quantitative estimate of drug-likeness (QED) is 0.196. The number of furan rings is 1. The third-order valence-electron chi connectivity index (χ3n) is 7.25. The molecule has 1 aromatic heterocycles. The van der Waals surface area contributed by atoms with Crippen LogP contribution in [0, 0.1) is 5.41 Å². The topological polar surface area (TPSA) is 118 Å². The van der Waals surface area contributed by atoms with Gasteiger partial charge in [0.2, 0.25) is 0 Å². The van der Waals surface area contributed by atoms with Gasteiger partial charge >= 0.3 is 0 Å². The minimum atomic E-state index is 0.526. The number of likely N-dealkylation sites (N-methyl/N-ethyl adjacent to an activating group) is 1. The first-order valence-electron chi connectivity index (χ1n) is 14.3. The van der Waals surface area contributed by atoms with Gasteiger partial charge in [-0.25, -0.2) is 0 Å². The van der Waals surface area contributed by atoms with E-state index in [1.54, 1.807) is 0 Å². The van der Waals surface area contributed by atoms with E-state index >= 15 is 0 Å². The Kier molecular flexibility index (Phi) is 11.9. The highest BCUT2D eigenvalue weighted by Crippen LogP contribution is 2.31. The maximum atomic E-state index is 7.63. The van der Waals surface area contributed by atoms with Gasteiger partial charge in [0.15, 0.2) is 0 Å². The number of aliphatic imine (C=N–C) groups is 1. The second-order valence-corrected chi connectivity index (χ2v) is 9.99. The van der Waals surface area contributed by atoms with E-state index in [0.29, 0.717) is 12.4 Å². The lowest BCUT2D eigenvalue weighted by atomic mass is 10.0. The minimum Gasteiger partial charge on any atom is -0.456 e. The van der Waals surface area contributed by atoms with Crippen LogP contribution >= 0.6 is 0 Å². The molecule has 0 saturated carbocycles. The molecule has 0 amide bonds. The van der Waals surface area contributed by atoms with E-state index in [9.17, 15) is 0 Å². The average Bonchev–Trinajstić information content (AvgIpc) is 3.51. The fourth-order valence-corrected chi connectivity index (χ4v) is 4.93. The van der Waals surface area contributed by atoms with Gasteiger partial charge in [-0.15, -0.1) is 0 Å². The fourth-order valence-electron chi connectivity index (χ4n) is 4.93. The molecule has 40 heavy (non-hydrogen) atoms. The Hall–Kier alpha value is -3.34. The number of hydrogen-bond donors (Lipinski definition) is 5. The Morgan fingerprint density at radius 1 is 0.875 bits per heavy atom. The highest BCUT2D eigenvalue weighted by molar-refractivity contribution is 6.03. The fraction of sp³-hybridized carbons (Fsp3) is 0.419. The highest BCUT2D eigenvalue weighted by Gasteiger charge is 2.14. The Bertz CT molecular complexity index is 1210. The van der Waals surface area contributed by atoms with Gasteiger partial charge in [-0.2, -0.15) is 0 Å². The molecule has 2 aromatic carbocycles. The Labute approximate surface area is 238 Å². The third-order valence-corrected chi connectivity index (χ3v) is 7.25. The number of benzene rings is 2. The number of nitrogens with two attached hydrogens (primary N) is 1. The summed E-state index contributed by atoms with van der Waals surface area (Å²) in [6, 6.07) is 19.5. The molecule has 214 valence electrons. The van der Waals surface area contributed by atoms with Crippen LogP contribution in [0.15, 0.2) is 70.1 Å². The van der Waals surface area contributed by atoms with Crippen molar-refractivity contribution >= 4 is 12.1 Å². The summed E-state index contributed by atoms with van der Waals surface area (Å²) in [7, 11) is 2.00. The predicted molar refractivity (Wildman–Crippen MR) is 166 cm³/mol. The van der Waals surface area contributed by atoms with E-state index in [1.165, 1.54) is 25.8 Å². The largest absolute Gasteiger partial charge is 0.456 e. The standard InChI is InChI=1S/C24H27N5O.C7H17N3/c25-17-18-5-1-2-6-19(18)22-9-10-23(30-22)20-7-3-4-8-21(20)24(26)28-13-16-29-14-11-27-12-15-29;1-8-2-5-10-6-3-9-4-7-10/h1-10,17,25,27H,11-16H2,(H2,26,28);8-9H,2-7H2,1H3. The van der Waals surface area contributed by atoms with Crippen molar-refractivity contribution in [3.05, 3.63) is 71.8 Å². The minimum absolute atomic E-state index is 0.526. The monoisotopic (exact) mass is 544 g/mol. The molecule has 3 aromatic rings. The molecule has 5 rings (SSSR count). The van der Waals surface area contributed by atoms with Gasteiger partial charge < -0.3 is 31.5 Å². The Morgan fingerprint density at radius 2 is 1.45 bits per heavy atom. The molecule has 2 saturated heterocycles. The van der Waals surface area contributed by atoms with Crippen molar-refractivity contribution in [2.75, 3.05) is 85.6 Å². The molecule has 2 aliphatic heterocycles. The Morgan fingerprint density at radius 3 is 2.10 bits per heavy atom. The maximum Gasteiger partial charge on any atom is 0.135 e. The van der Waals surface area contributed by atoms with Gasteiger partial charge in [0, 0.05) is 100 Å². The molecule has 9 nitrogen and oxygen atoms in total. The van der Waals surface area contributed by atoms with Crippen LogP contribution in [0.25, 0.3) is 22.6 Å². The van der Waals surface area contributed by atoms with E-state index in [0.717, 1.165) is 86.1 Å². The van der Waals surface area contributed by atoms with E-state index in [2.05, 4.69) is 30.7 Å². The average molecular weight is 545 g/mol. The first kappa shape index (κ1) is 29.6. The van der Waals surface area contributed by atoms with Gasteiger partial charge in [-0.3, -0.25) is 14.8 Å². The van der Waals surface area contributed by atoms with E-state index in [-0.39, 0.29) is 0 Å². The van der Waals surface area contributed by atoms with Crippen LogP contribution in [0.1, 0.15) is 11.1 Å². The summed E-state index contributed by atoms with van der Waals surface area (Å²) in [5.74, 6) is 1.99. The van der Waals surface area contributed by atoms with Crippen molar-refractivity contribution in [1.29, 1.82) is 5.41 Å². The van der Waals surface area contributed by atoms with Crippen LogP contribution in [0.5, 0.6) is 0 Å². The number of nitrogens with one attached hydrogen (secondary N) is 4. The van der Waals surface area contributed by atoms with Crippen LogP contribution in [0.4, 0.5) is 0 Å². The molecule has 9 heteroatoms. The number of amidine groups is 1. The van der Waals surface area contributed by atoms with Crippen molar-refractivity contribution in [3.8, 4) is 22.6 Å². The second-order valence-electron chi connectivity index (χ2n) is 9.99. The molecule has 0 spiro atoms. The van der Waals surface area contributed by atoms with Crippen LogP contribution in [0.2, 0.25) is 0 Å². The van der Waals surface area contributed by atoms with Crippen LogP contribution in [0.3, 0.4) is 0 Å². The Balaban J connectivity index is 0.000000312. The van der Waals surface area contributed by atoms with Crippen molar-refractivity contribution in [1.82, 2.24) is 25.8 Å². The summed E-state index contributed by atoms with van der Waals surface area (Å²) in [4.78, 5) is 9.51. The molecule has 0 aliphatic carbocycles. The van der Waals surface area contributed by atoms with E-state index in [4.69, 9.17) is 15.6 Å². The zero-order chi connectivity index (χ0) is 28.0. The number of piperazine rings is 2. The number of nitrogens with zero attached hydrogens (tertiary/aromatic N) is 3. The summed E-state index contributed by atoms with van der Waals surface area (Å²) >= 11 is 0. The van der Waals surface area contributed by atoms with Gasteiger partial charge in [-0.1, -0.05) is 48.5 Å². The van der Waals surface area contributed by atoms with Gasteiger partial charge in [0.05, 0.1) is 6.54 Å². The zero-order valence-corrected chi connectivity index (χ0v) is 23.7. The second kappa shape index (κ2) is 16.1. The molecule has 3 heterocycles. The van der Waals surface area contributed by atoms with Crippen molar-refractivity contribution in [3.63, 3.8) is 0 Å². The first-order chi connectivity index (χ1) is 19.7. The molecule has 2 fully saturated rings. The van der Waals surface area contributed by atoms with Gasteiger partial charge in [0.25, 0.3) is 0 Å². The van der Waals surface area contributed by atoms with Crippen molar-refractivity contribution < 1.29 is 4.42 Å². The number of hydrogen-bond acceptors (Lipinski definition) is 8. The highest BCUT2D eigenvalue weighted by atomic mass is 16.3. The lowest BCUT2D eigenvalue weighted by molar-refractivity contribution is 0.243. The molecular formula is C31H44N8O. The van der Waals surface area contributed by atoms with E-state index in [1.807, 2.05) is 67.7 Å². The lowest BCUT2D eigenvalue weighted by Crippen LogP contribution is -2.45. The summed E-state index contributed by atoms with van der Waals surface area (Å²) in [6.07, 6.45) is 1.34. The molecule has 2 aliphatic rings. The summed E-state index contributed by atoms with van der Waals surface area (Å²) < 4.78 is 6.16.